The van der Waals surface area contributed by atoms with E-state index in [0.717, 1.165) is 24.8 Å². The van der Waals surface area contributed by atoms with Crippen molar-refractivity contribution in [2.75, 3.05) is 20.3 Å². The third-order valence-corrected chi connectivity index (χ3v) is 8.67. The number of alkyl halides is 1. The summed E-state index contributed by atoms with van der Waals surface area (Å²) in [5, 5.41) is 20.2. The van der Waals surface area contributed by atoms with Crippen molar-refractivity contribution in [1.29, 1.82) is 0 Å². The maximum absolute atomic E-state index is 14.6. The zero-order chi connectivity index (χ0) is 29.9. The quantitative estimate of drug-likeness (QED) is 0.277. The van der Waals surface area contributed by atoms with Gasteiger partial charge in [0.25, 0.3) is 0 Å². The molecule has 3 atom stereocenters. The fraction of sp³-hybridized carbons (Fsp3) is 0.516. The van der Waals surface area contributed by atoms with E-state index in [9.17, 15) is 18.7 Å². The molecule has 0 saturated heterocycles. The van der Waals surface area contributed by atoms with Crippen LogP contribution in [0.3, 0.4) is 0 Å². The van der Waals surface area contributed by atoms with E-state index in [4.69, 9.17) is 9.47 Å². The number of aromatic nitrogens is 2. The average Bonchev–Trinajstić information content (AvgIpc) is 3.44. The Kier molecular flexibility index (Phi) is 9.22. The predicted octanol–water partition coefficient (Wildman–Crippen LogP) is 4.71. The zero-order valence-electron chi connectivity index (χ0n) is 24.2. The van der Waals surface area contributed by atoms with E-state index < -0.39 is 23.6 Å². The van der Waals surface area contributed by atoms with Gasteiger partial charge in [-0.1, -0.05) is 0 Å². The number of carbonyl (C=O) groups excluding carboxylic acids is 1. The summed E-state index contributed by atoms with van der Waals surface area (Å²) in [6.45, 7) is 3.03. The Balaban J connectivity index is 1.35. The molecule has 11 heteroatoms. The monoisotopic (exact) mass is 600 g/mol. The number of benzene rings is 1. The summed E-state index contributed by atoms with van der Waals surface area (Å²) in [5.74, 6) is -0.127. The van der Waals surface area contributed by atoms with Gasteiger partial charge in [0.2, 0.25) is 5.91 Å². The summed E-state index contributed by atoms with van der Waals surface area (Å²) in [6.07, 6.45) is 6.35. The number of methoxy groups -OCH3 is 1. The number of thiazole rings is 1. The average molecular weight is 601 g/mol. The number of rotatable bonds is 12. The number of carbonyl (C=O) groups is 1. The number of ether oxygens (including phenoxy) is 2. The summed E-state index contributed by atoms with van der Waals surface area (Å²) >= 11 is 1.41. The molecule has 226 valence electrons. The molecule has 5 rings (SSSR count). The number of aliphatic hydroxyl groups is 1. The molecule has 0 bridgehead atoms. The summed E-state index contributed by atoms with van der Waals surface area (Å²) in [6, 6.07) is 5.66. The third kappa shape index (κ3) is 7.50. The molecule has 1 aliphatic heterocycles. The summed E-state index contributed by atoms with van der Waals surface area (Å²) in [4.78, 5) is 21.2. The highest BCUT2D eigenvalue weighted by Gasteiger charge is 2.46. The molecule has 1 spiro atoms. The molecular weight excluding hydrogens is 562 g/mol. The lowest BCUT2D eigenvalue weighted by atomic mass is 9.73. The maximum atomic E-state index is 14.6. The van der Waals surface area contributed by atoms with Crippen molar-refractivity contribution in [3.8, 4) is 16.3 Å². The number of aliphatic hydroxyl groups excluding tert-OH is 1. The lowest BCUT2D eigenvalue weighted by molar-refractivity contribution is -0.126. The van der Waals surface area contributed by atoms with Gasteiger partial charge in [0.1, 0.15) is 34.5 Å². The minimum Gasteiger partial charge on any atom is -0.485 e. The molecule has 2 aromatic heterocycles. The van der Waals surface area contributed by atoms with Crippen LogP contribution in [-0.2, 0) is 22.4 Å². The molecule has 3 heterocycles. The molecule has 1 aromatic carbocycles. The molecule has 0 radical (unpaired) electrons. The van der Waals surface area contributed by atoms with Crippen molar-refractivity contribution in [1.82, 2.24) is 20.6 Å². The third-order valence-electron chi connectivity index (χ3n) is 7.85. The number of amides is 1. The smallest absolute Gasteiger partial charge is 0.246 e. The fourth-order valence-corrected chi connectivity index (χ4v) is 6.41. The second-order valence-corrected chi connectivity index (χ2v) is 12.9. The van der Waals surface area contributed by atoms with Crippen molar-refractivity contribution >= 4 is 17.2 Å². The molecule has 1 fully saturated rings. The van der Waals surface area contributed by atoms with Gasteiger partial charge in [0.05, 0.1) is 18.3 Å². The van der Waals surface area contributed by atoms with Gasteiger partial charge < -0.3 is 25.2 Å². The minimum atomic E-state index is -1.41. The van der Waals surface area contributed by atoms with Crippen LogP contribution in [0.1, 0.15) is 62.4 Å². The molecule has 42 heavy (non-hydrogen) atoms. The van der Waals surface area contributed by atoms with Crippen molar-refractivity contribution in [3.63, 3.8) is 0 Å². The zero-order valence-corrected chi connectivity index (χ0v) is 25.0. The van der Waals surface area contributed by atoms with Crippen LogP contribution in [-0.4, -0.2) is 64.7 Å². The van der Waals surface area contributed by atoms with E-state index in [0.29, 0.717) is 34.0 Å². The molecular formula is C31H38F2N4O4S. The van der Waals surface area contributed by atoms with Gasteiger partial charge in [-0.15, -0.1) is 11.3 Å². The molecule has 1 saturated carbocycles. The van der Waals surface area contributed by atoms with E-state index in [1.807, 2.05) is 17.5 Å². The Hall–Kier alpha value is -2.99. The standard InChI is InChI=1S/C31H38F2N4O4S/c1-30(2,33)14-22-13-23-25(15-31(5-4-6-31)41-27(23)17-35-22)36-16-26(38)24(37-28(39)18-40-3)11-19-9-20(12-21(32)10-19)29-34-7-8-42-29/h7-10,12-13,17,24-26,36,38H,4-6,11,14-16,18H2,1-3H3,(H,37,39)/t24-,25-,26+/m0/s1. The first-order chi connectivity index (χ1) is 20.0. The van der Waals surface area contributed by atoms with Crippen molar-refractivity contribution in [3.05, 3.63) is 64.7 Å². The first-order valence-electron chi connectivity index (χ1n) is 14.3. The van der Waals surface area contributed by atoms with Crippen LogP contribution in [0, 0.1) is 5.82 Å². The van der Waals surface area contributed by atoms with Crippen LogP contribution in [0.4, 0.5) is 8.78 Å². The summed E-state index contributed by atoms with van der Waals surface area (Å²) < 4.78 is 40.3. The van der Waals surface area contributed by atoms with Gasteiger partial charge in [0, 0.05) is 60.9 Å². The van der Waals surface area contributed by atoms with Crippen LogP contribution in [0.5, 0.6) is 5.75 Å². The van der Waals surface area contributed by atoms with Gasteiger partial charge in [-0.2, -0.15) is 0 Å². The summed E-state index contributed by atoms with van der Waals surface area (Å²) in [5.41, 5.74) is 1.09. The molecule has 3 N–H and O–H groups in total. The lowest BCUT2D eigenvalue weighted by Gasteiger charge is -2.48. The molecule has 3 aromatic rings. The Labute approximate surface area is 248 Å². The normalized spacial score (nSPS) is 19.0. The van der Waals surface area contributed by atoms with Crippen LogP contribution >= 0.6 is 11.3 Å². The Morgan fingerprint density at radius 1 is 1.29 bits per heavy atom. The van der Waals surface area contributed by atoms with E-state index >= 15 is 0 Å². The first kappa shape index (κ1) is 30.5. The maximum Gasteiger partial charge on any atom is 0.246 e. The topological polar surface area (TPSA) is 106 Å². The van der Waals surface area contributed by atoms with E-state index in [2.05, 4.69) is 20.6 Å². The highest BCUT2D eigenvalue weighted by atomic mass is 32.1. The number of nitrogens with one attached hydrogen (secondary N) is 2. The van der Waals surface area contributed by atoms with Gasteiger partial charge in [-0.25, -0.2) is 13.8 Å². The number of halogens is 2. The predicted molar refractivity (Wildman–Crippen MR) is 157 cm³/mol. The number of pyridine rings is 1. The molecule has 0 unspecified atom stereocenters. The SMILES string of the molecule is COCC(=O)N[C@@H](Cc1cc(F)cc(-c2nccs2)c1)[C@H](O)CN[C@H]1CC2(CCC2)Oc2cnc(CC(C)(C)F)cc21. The molecule has 1 aliphatic carbocycles. The second-order valence-electron chi connectivity index (χ2n) is 12.0. The Morgan fingerprint density at radius 2 is 2.10 bits per heavy atom. The van der Waals surface area contributed by atoms with Crippen LogP contribution in [0.15, 0.2) is 42.0 Å². The summed E-state index contributed by atoms with van der Waals surface area (Å²) in [7, 11) is 1.42. The van der Waals surface area contributed by atoms with E-state index in [-0.39, 0.29) is 43.5 Å². The van der Waals surface area contributed by atoms with Crippen LogP contribution in [0.25, 0.3) is 10.6 Å². The van der Waals surface area contributed by atoms with Crippen molar-refractivity contribution < 1.29 is 28.2 Å². The van der Waals surface area contributed by atoms with Gasteiger partial charge in [-0.3, -0.25) is 9.78 Å². The number of hydrogen-bond donors (Lipinski definition) is 3. The Bertz CT molecular complexity index is 1380. The second kappa shape index (κ2) is 12.7. The van der Waals surface area contributed by atoms with E-state index in [1.165, 1.54) is 44.4 Å². The van der Waals surface area contributed by atoms with E-state index in [1.54, 1.807) is 12.4 Å². The van der Waals surface area contributed by atoms with Crippen molar-refractivity contribution in [2.24, 2.45) is 0 Å². The highest BCUT2D eigenvalue weighted by Crippen LogP contribution is 2.48. The number of hydrogen-bond acceptors (Lipinski definition) is 8. The fourth-order valence-electron chi connectivity index (χ4n) is 5.78. The largest absolute Gasteiger partial charge is 0.485 e. The minimum absolute atomic E-state index is 0.152. The molecule has 1 amide bonds. The molecule has 8 nitrogen and oxygen atoms in total. The Morgan fingerprint density at radius 3 is 2.76 bits per heavy atom. The first-order valence-corrected chi connectivity index (χ1v) is 15.2. The van der Waals surface area contributed by atoms with Crippen molar-refractivity contribution in [2.45, 2.75) is 81.8 Å². The number of fused-ring (bicyclic) bond motifs is 1. The lowest BCUT2D eigenvalue weighted by Crippen LogP contribution is -2.52. The van der Waals surface area contributed by atoms with Crippen LogP contribution < -0.4 is 15.4 Å². The van der Waals surface area contributed by atoms with Crippen LogP contribution in [0.2, 0.25) is 0 Å². The van der Waals surface area contributed by atoms with Gasteiger partial charge >= 0.3 is 0 Å². The number of nitrogens with zero attached hydrogens (tertiary/aromatic N) is 2. The highest BCUT2D eigenvalue weighted by molar-refractivity contribution is 7.13. The van der Waals surface area contributed by atoms with Gasteiger partial charge in [-0.05, 0) is 69.4 Å². The van der Waals surface area contributed by atoms with Gasteiger partial charge in [0.15, 0.2) is 0 Å². The molecule has 2 aliphatic rings.